The molecule has 0 aliphatic carbocycles. The Morgan fingerprint density at radius 1 is 0.900 bits per heavy atom. The van der Waals surface area contributed by atoms with E-state index in [0.717, 1.165) is 30.5 Å². The summed E-state index contributed by atoms with van der Waals surface area (Å²) in [5, 5.41) is 0. The molecular formula is C22H29N5O3. The number of hydrogen-bond donors (Lipinski definition) is 0. The minimum absolute atomic E-state index is 0.0305. The molecule has 30 heavy (non-hydrogen) atoms. The molecule has 1 aromatic carbocycles. The molecule has 2 aliphatic heterocycles. The van der Waals surface area contributed by atoms with E-state index >= 15 is 0 Å². The van der Waals surface area contributed by atoms with E-state index in [1.165, 1.54) is 12.8 Å². The van der Waals surface area contributed by atoms with Gasteiger partial charge in [0, 0.05) is 57.1 Å². The van der Waals surface area contributed by atoms with Gasteiger partial charge in [0.05, 0.1) is 19.8 Å². The van der Waals surface area contributed by atoms with Crippen molar-refractivity contribution in [2.45, 2.75) is 19.8 Å². The lowest BCUT2D eigenvalue weighted by Crippen LogP contribution is -2.49. The Hall–Kier alpha value is -3.03. The summed E-state index contributed by atoms with van der Waals surface area (Å²) >= 11 is 0. The van der Waals surface area contributed by atoms with Crippen LogP contribution in [0.25, 0.3) is 0 Å². The zero-order valence-corrected chi connectivity index (χ0v) is 17.9. The van der Waals surface area contributed by atoms with Crippen LogP contribution in [0.2, 0.25) is 0 Å². The van der Waals surface area contributed by atoms with Gasteiger partial charge in [0.25, 0.3) is 5.91 Å². The zero-order chi connectivity index (χ0) is 21.1. The first-order valence-electron chi connectivity index (χ1n) is 10.5. The largest absolute Gasteiger partial charge is 0.497 e. The minimum atomic E-state index is -0.0305. The Kier molecular flexibility index (Phi) is 5.92. The first-order valence-corrected chi connectivity index (χ1v) is 10.5. The number of piperazine rings is 1. The molecule has 2 aliphatic rings. The molecule has 0 unspecified atom stereocenters. The van der Waals surface area contributed by atoms with E-state index in [4.69, 9.17) is 14.5 Å². The number of amides is 1. The standard InChI is InChI=1S/C22H29N5O3/c1-16-14-20(25-8-4-5-9-25)24-22(23-16)27-12-10-26(11-13-27)21(28)18-7-6-17(29-2)15-19(18)30-3/h6-7,14-15H,4-5,8-13H2,1-3H3. The highest BCUT2D eigenvalue weighted by Crippen LogP contribution is 2.27. The predicted molar refractivity (Wildman–Crippen MR) is 116 cm³/mol. The minimum Gasteiger partial charge on any atom is -0.497 e. The molecule has 1 aromatic heterocycles. The molecule has 0 saturated carbocycles. The number of hydrogen-bond acceptors (Lipinski definition) is 7. The molecular weight excluding hydrogens is 382 g/mol. The molecule has 3 heterocycles. The number of aryl methyl sites for hydroxylation is 1. The van der Waals surface area contributed by atoms with E-state index in [1.54, 1.807) is 32.4 Å². The molecule has 8 nitrogen and oxygen atoms in total. The first kappa shape index (κ1) is 20.3. The number of carbonyl (C=O) groups excluding carboxylic acids is 1. The van der Waals surface area contributed by atoms with Crippen molar-refractivity contribution in [2.24, 2.45) is 0 Å². The molecule has 0 atom stereocenters. The van der Waals surface area contributed by atoms with Crippen LogP contribution in [0.15, 0.2) is 24.3 Å². The molecule has 2 saturated heterocycles. The van der Waals surface area contributed by atoms with Crippen molar-refractivity contribution < 1.29 is 14.3 Å². The van der Waals surface area contributed by atoms with Crippen LogP contribution < -0.4 is 19.3 Å². The molecule has 4 rings (SSSR count). The lowest BCUT2D eigenvalue weighted by Gasteiger charge is -2.35. The van der Waals surface area contributed by atoms with Gasteiger partial charge in [0.2, 0.25) is 5.95 Å². The normalized spacial score (nSPS) is 16.7. The van der Waals surface area contributed by atoms with Crippen molar-refractivity contribution in [2.75, 3.05) is 63.3 Å². The van der Waals surface area contributed by atoms with Gasteiger partial charge in [0.1, 0.15) is 17.3 Å². The van der Waals surface area contributed by atoms with E-state index < -0.39 is 0 Å². The molecule has 0 radical (unpaired) electrons. The van der Waals surface area contributed by atoms with Gasteiger partial charge in [-0.2, -0.15) is 4.98 Å². The lowest BCUT2D eigenvalue weighted by molar-refractivity contribution is 0.0742. The summed E-state index contributed by atoms with van der Waals surface area (Å²) in [6.07, 6.45) is 2.43. The van der Waals surface area contributed by atoms with Crippen LogP contribution in [0.3, 0.4) is 0 Å². The van der Waals surface area contributed by atoms with E-state index in [0.29, 0.717) is 43.2 Å². The third kappa shape index (κ3) is 4.13. The molecule has 8 heteroatoms. The van der Waals surface area contributed by atoms with Crippen molar-refractivity contribution in [1.82, 2.24) is 14.9 Å². The molecule has 2 aromatic rings. The van der Waals surface area contributed by atoms with Crippen molar-refractivity contribution in [3.63, 3.8) is 0 Å². The van der Waals surface area contributed by atoms with E-state index in [9.17, 15) is 4.79 Å². The van der Waals surface area contributed by atoms with Crippen LogP contribution in [0.5, 0.6) is 11.5 Å². The van der Waals surface area contributed by atoms with Crippen LogP contribution in [0.4, 0.5) is 11.8 Å². The van der Waals surface area contributed by atoms with E-state index in [1.807, 2.05) is 11.8 Å². The Bertz CT molecular complexity index is 906. The maximum absolute atomic E-state index is 13.1. The van der Waals surface area contributed by atoms with Gasteiger partial charge < -0.3 is 24.2 Å². The van der Waals surface area contributed by atoms with Crippen LogP contribution >= 0.6 is 0 Å². The van der Waals surface area contributed by atoms with Gasteiger partial charge in [0.15, 0.2) is 0 Å². The average Bonchev–Trinajstić information content (AvgIpc) is 3.33. The molecule has 1 amide bonds. The highest BCUT2D eigenvalue weighted by atomic mass is 16.5. The average molecular weight is 412 g/mol. The summed E-state index contributed by atoms with van der Waals surface area (Å²) < 4.78 is 10.6. The van der Waals surface area contributed by atoms with Gasteiger partial charge >= 0.3 is 0 Å². The maximum atomic E-state index is 13.1. The predicted octanol–water partition coefficient (Wildman–Crippen LogP) is 2.36. The van der Waals surface area contributed by atoms with Gasteiger partial charge in [-0.3, -0.25) is 4.79 Å². The highest BCUT2D eigenvalue weighted by molar-refractivity contribution is 5.97. The Morgan fingerprint density at radius 2 is 1.63 bits per heavy atom. The summed E-state index contributed by atoms with van der Waals surface area (Å²) in [4.78, 5) is 28.9. The third-order valence-electron chi connectivity index (χ3n) is 5.75. The van der Waals surface area contributed by atoms with E-state index in [2.05, 4.69) is 20.9 Å². The zero-order valence-electron chi connectivity index (χ0n) is 17.9. The van der Waals surface area contributed by atoms with Crippen molar-refractivity contribution in [3.05, 3.63) is 35.5 Å². The number of carbonyl (C=O) groups is 1. The van der Waals surface area contributed by atoms with Crippen LogP contribution in [0.1, 0.15) is 28.9 Å². The second-order valence-corrected chi connectivity index (χ2v) is 7.71. The van der Waals surface area contributed by atoms with Crippen LogP contribution in [0, 0.1) is 6.92 Å². The fourth-order valence-corrected chi connectivity index (χ4v) is 4.04. The summed E-state index contributed by atoms with van der Waals surface area (Å²) in [6.45, 7) is 6.76. The first-order chi connectivity index (χ1) is 14.6. The number of ether oxygens (including phenoxy) is 2. The lowest BCUT2D eigenvalue weighted by atomic mass is 10.1. The van der Waals surface area contributed by atoms with Crippen LogP contribution in [-0.2, 0) is 0 Å². The fourth-order valence-electron chi connectivity index (χ4n) is 4.04. The number of rotatable bonds is 5. The summed E-state index contributed by atoms with van der Waals surface area (Å²) in [5.41, 5.74) is 1.53. The summed E-state index contributed by atoms with van der Waals surface area (Å²) in [6, 6.07) is 7.35. The maximum Gasteiger partial charge on any atom is 0.257 e. The topological polar surface area (TPSA) is 71.0 Å². The number of benzene rings is 1. The monoisotopic (exact) mass is 411 g/mol. The molecule has 2 fully saturated rings. The molecule has 0 spiro atoms. The van der Waals surface area contributed by atoms with Crippen molar-refractivity contribution in [3.8, 4) is 11.5 Å². The Balaban J connectivity index is 1.45. The van der Waals surface area contributed by atoms with Gasteiger partial charge in [-0.1, -0.05) is 0 Å². The molecule has 0 bridgehead atoms. The third-order valence-corrected chi connectivity index (χ3v) is 5.75. The fraction of sp³-hybridized carbons (Fsp3) is 0.500. The quantitative estimate of drug-likeness (QED) is 0.748. The Morgan fingerprint density at radius 3 is 2.30 bits per heavy atom. The van der Waals surface area contributed by atoms with Crippen molar-refractivity contribution in [1.29, 1.82) is 0 Å². The summed E-state index contributed by atoms with van der Waals surface area (Å²) in [7, 11) is 3.16. The van der Waals surface area contributed by atoms with Crippen LogP contribution in [-0.4, -0.2) is 74.3 Å². The number of methoxy groups -OCH3 is 2. The second kappa shape index (κ2) is 8.77. The Labute approximate surface area is 177 Å². The second-order valence-electron chi connectivity index (χ2n) is 7.71. The summed E-state index contributed by atoms with van der Waals surface area (Å²) in [5.74, 6) is 2.93. The smallest absolute Gasteiger partial charge is 0.257 e. The van der Waals surface area contributed by atoms with Gasteiger partial charge in [-0.05, 0) is 31.9 Å². The van der Waals surface area contributed by atoms with Gasteiger partial charge in [-0.15, -0.1) is 0 Å². The SMILES string of the molecule is COc1ccc(C(=O)N2CCN(c3nc(C)cc(N4CCCC4)n3)CC2)c(OC)c1. The highest BCUT2D eigenvalue weighted by Gasteiger charge is 2.26. The molecule has 160 valence electrons. The van der Waals surface area contributed by atoms with Crippen molar-refractivity contribution >= 4 is 17.7 Å². The number of nitrogens with zero attached hydrogens (tertiary/aromatic N) is 5. The number of aromatic nitrogens is 2. The van der Waals surface area contributed by atoms with Gasteiger partial charge in [-0.25, -0.2) is 4.98 Å². The molecule has 0 N–H and O–H groups in total. The number of anilines is 2. The van der Waals surface area contributed by atoms with E-state index in [-0.39, 0.29) is 5.91 Å².